The van der Waals surface area contributed by atoms with Gasteiger partial charge in [0.25, 0.3) is 0 Å². The predicted molar refractivity (Wildman–Crippen MR) is 140 cm³/mol. The lowest BCUT2D eigenvalue weighted by Crippen LogP contribution is -2.44. The Kier molecular flexibility index (Phi) is 6.02. The fourth-order valence-electron chi connectivity index (χ4n) is 4.40. The zero-order valence-electron chi connectivity index (χ0n) is 20.1. The van der Waals surface area contributed by atoms with Gasteiger partial charge < -0.3 is 14.8 Å². The number of fused-ring (bicyclic) bond motifs is 1. The molecule has 0 aliphatic carbocycles. The lowest BCUT2D eigenvalue weighted by atomic mass is 10.1. The molecule has 1 aliphatic rings. The Balaban J connectivity index is 1.46. The number of aryl methyl sites for hydroxylation is 1. The van der Waals surface area contributed by atoms with Crippen LogP contribution in [0.4, 0.5) is 5.69 Å². The fraction of sp³-hybridized carbons (Fsp3) is 0.296. The van der Waals surface area contributed by atoms with Crippen molar-refractivity contribution >= 4 is 34.8 Å². The summed E-state index contributed by atoms with van der Waals surface area (Å²) in [6.45, 7) is 12.7. The average molecular weight is 454 g/mol. The van der Waals surface area contributed by atoms with Gasteiger partial charge in [-0.3, -0.25) is 15.1 Å². The number of H-pyrrole nitrogens is 2. The number of aromatic amines is 2. The van der Waals surface area contributed by atoms with Gasteiger partial charge in [0.2, 0.25) is 0 Å². The van der Waals surface area contributed by atoms with E-state index < -0.39 is 0 Å². The number of hydrogen-bond acceptors (Lipinski definition) is 5. The molecule has 2 N–H and O–H groups in total. The quantitative estimate of drug-likeness (QED) is 0.486. The molecule has 174 valence electrons. The molecule has 7 heteroatoms. The Hall–Kier alpha value is -3.71. The molecule has 0 bridgehead atoms. The molecule has 7 nitrogen and oxygen atoms in total. The molecular formula is C27H31N7. The first-order valence-corrected chi connectivity index (χ1v) is 11.8. The summed E-state index contributed by atoms with van der Waals surface area (Å²) in [4.78, 5) is 17.1. The predicted octanol–water partition coefficient (Wildman–Crippen LogP) is 2.96. The Morgan fingerprint density at radius 2 is 1.88 bits per heavy atom. The molecule has 1 saturated heterocycles. The highest BCUT2D eigenvalue weighted by Crippen LogP contribution is 2.29. The van der Waals surface area contributed by atoms with Crippen LogP contribution in [-0.2, 0) is 6.42 Å². The van der Waals surface area contributed by atoms with Gasteiger partial charge in [-0.2, -0.15) is 5.10 Å². The molecule has 0 saturated carbocycles. The molecule has 4 aromatic heterocycles. The maximum atomic E-state index is 4.58. The van der Waals surface area contributed by atoms with E-state index >= 15 is 0 Å². The van der Waals surface area contributed by atoms with E-state index in [2.05, 4.69) is 80.6 Å². The van der Waals surface area contributed by atoms with Crippen molar-refractivity contribution in [3.8, 4) is 11.4 Å². The lowest BCUT2D eigenvalue weighted by molar-refractivity contribution is 0.313. The van der Waals surface area contributed by atoms with Crippen LogP contribution in [0.1, 0.15) is 25.0 Å². The number of nitrogens with one attached hydrogen (secondary N) is 2. The number of hydrogen-bond donors (Lipinski definition) is 2. The van der Waals surface area contributed by atoms with Gasteiger partial charge >= 0.3 is 0 Å². The molecule has 5 rings (SSSR count). The van der Waals surface area contributed by atoms with Gasteiger partial charge in [-0.05, 0) is 55.3 Å². The van der Waals surface area contributed by atoms with Crippen molar-refractivity contribution < 1.29 is 0 Å². The summed E-state index contributed by atoms with van der Waals surface area (Å²) in [5.74, 6) is 0. The molecule has 0 spiro atoms. The third-order valence-electron chi connectivity index (χ3n) is 6.68. The number of likely N-dealkylation sites (N-methyl/N-ethyl adjacent to an activating group) is 1. The number of nitrogens with zero attached hydrogens (tertiary/aromatic N) is 5. The Labute approximate surface area is 199 Å². The van der Waals surface area contributed by atoms with E-state index in [1.54, 1.807) is 0 Å². The molecule has 0 aromatic carbocycles. The van der Waals surface area contributed by atoms with Crippen molar-refractivity contribution in [3.05, 3.63) is 64.7 Å². The summed E-state index contributed by atoms with van der Waals surface area (Å²) in [7, 11) is 2.17. The lowest BCUT2D eigenvalue weighted by Gasteiger charge is -2.34. The van der Waals surface area contributed by atoms with Gasteiger partial charge in [0.1, 0.15) is 5.69 Å². The molecule has 0 atom stereocenters. The monoisotopic (exact) mass is 453 g/mol. The second-order valence-electron chi connectivity index (χ2n) is 9.01. The standard InChI is InChI=1S/C27H31N7/c1-5-20-12-21(15-28-14-20)18(2)6-7-23-19(3)27(32-31-23)24-13-22-25(30-24)16-29-17-26(22)34-10-8-33(4)9-11-34/h6-7,12-17,30-31H,3,5,8-11H2,1-2,4H3/b18-6+,23-7+. The van der Waals surface area contributed by atoms with Crippen molar-refractivity contribution in [2.45, 2.75) is 20.3 Å². The Morgan fingerprint density at radius 3 is 2.68 bits per heavy atom. The van der Waals surface area contributed by atoms with E-state index in [1.807, 2.05) is 30.9 Å². The highest BCUT2D eigenvalue weighted by molar-refractivity contribution is 5.95. The van der Waals surface area contributed by atoms with Crippen LogP contribution in [-0.4, -0.2) is 63.3 Å². The highest BCUT2D eigenvalue weighted by atomic mass is 15.2. The summed E-state index contributed by atoms with van der Waals surface area (Å²) in [6, 6.07) is 4.36. The molecule has 34 heavy (non-hydrogen) atoms. The molecular weight excluding hydrogens is 422 g/mol. The number of piperazine rings is 1. The fourth-order valence-corrected chi connectivity index (χ4v) is 4.40. The summed E-state index contributed by atoms with van der Waals surface area (Å²) >= 11 is 0. The topological polar surface area (TPSA) is 76.7 Å². The van der Waals surface area contributed by atoms with Crippen LogP contribution in [0.2, 0.25) is 0 Å². The highest BCUT2D eigenvalue weighted by Gasteiger charge is 2.18. The second-order valence-corrected chi connectivity index (χ2v) is 9.01. The number of pyridine rings is 2. The Bertz CT molecular complexity index is 1450. The summed E-state index contributed by atoms with van der Waals surface area (Å²) in [6.07, 6.45) is 12.8. The van der Waals surface area contributed by atoms with E-state index in [4.69, 9.17) is 0 Å². The third-order valence-corrected chi connectivity index (χ3v) is 6.68. The minimum atomic E-state index is 0.826. The summed E-state index contributed by atoms with van der Waals surface area (Å²) in [5.41, 5.74) is 7.46. The number of rotatable bonds is 5. The van der Waals surface area contributed by atoms with Crippen molar-refractivity contribution in [3.63, 3.8) is 0 Å². The maximum absolute atomic E-state index is 4.58. The van der Waals surface area contributed by atoms with Crippen molar-refractivity contribution in [2.75, 3.05) is 38.1 Å². The van der Waals surface area contributed by atoms with Gasteiger partial charge in [0.05, 0.1) is 34.6 Å². The smallest absolute Gasteiger partial charge is 0.116 e. The average Bonchev–Trinajstić information content (AvgIpc) is 3.46. The maximum Gasteiger partial charge on any atom is 0.116 e. The number of aromatic nitrogens is 5. The van der Waals surface area contributed by atoms with E-state index in [0.717, 1.165) is 71.2 Å². The first-order valence-electron chi connectivity index (χ1n) is 11.8. The van der Waals surface area contributed by atoms with E-state index in [0.29, 0.717) is 0 Å². The van der Waals surface area contributed by atoms with Gasteiger partial charge in [-0.1, -0.05) is 19.6 Å². The molecule has 0 unspecified atom stereocenters. The molecule has 4 aromatic rings. The van der Waals surface area contributed by atoms with Crippen LogP contribution in [0.25, 0.3) is 40.5 Å². The van der Waals surface area contributed by atoms with Crippen molar-refractivity contribution in [1.29, 1.82) is 0 Å². The van der Waals surface area contributed by atoms with E-state index in [-0.39, 0.29) is 0 Å². The van der Waals surface area contributed by atoms with Gasteiger partial charge in [-0.15, -0.1) is 0 Å². The molecule has 0 amide bonds. The molecule has 0 radical (unpaired) electrons. The van der Waals surface area contributed by atoms with Gasteiger partial charge in [-0.25, -0.2) is 0 Å². The van der Waals surface area contributed by atoms with Crippen LogP contribution < -0.4 is 15.5 Å². The summed E-state index contributed by atoms with van der Waals surface area (Å²) in [5, 5.41) is 10.7. The van der Waals surface area contributed by atoms with E-state index in [9.17, 15) is 0 Å². The number of anilines is 1. The van der Waals surface area contributed by atoms with Gasteiger partial charge in [0, 0.05) is 49.2 Å². The minimum Gasteiger partial charge on any atom is -0.367 e. The molecule has 1 fully saturated rings. The normalized spacial score (nSPS) is 16.0. The SMILES string of the molecule is C=c1c(-c2cc3c(N4CCN(C)CC4)cncc3[nH]2)n[nH]/c1=C/C=C(\C)c1cncc(CC)c1. The zero-order chi connectivity index (χ0) is 23.7. The van der Waals surface area contributed by atoms with Crippen LogP contribution in [0.3, 0.4) is 0 Å². The van der Waals surface area contributed by atoms with Crippen molar-refractivity contribution in [2.24, 2.45) is 0 Å². The minimum absolute atomic E-state index is 0.826. The number of allylic oxidation sites excluding steroid dienone is 2. The van der Waals surface area contributed by atoms with Crippen LogP contribution in [0.15, 0.2) is 43.0 Å². The summed E-state index contributed by atoms with van der Waals surface area (Å²) < 4.78 is 0. The van der Waals surface area contributed by atoms with Crippen LogP contribution in [0.5, 0.6) is 0 Å². The Morgan fingerprint density at radius 1 is 1.09 bits per heavy atom. The third kappa shape index (κ3) is 4.26. The first-order chi connectivity index (χ1) is 16.5. The van der Waals surface area contributed by atoms with Crippen molar-refractivity contribution in [1.82, 2.24) is 30.0 Å². The van der Waals surface area contributed by atoms with Crippen LogP contribution in [0, 0.1) is 0 Å². The van der Waals surface area contributed by atoms with Gasteiger partial charge in [0.15, 0.2) is 0 Å². The molecule has 5 heterocycles. The molecule has 1 aliphatic heterocycles. The second kappa shape index (κ2) is 9.27. The zero-order valence-corrected chi connectivity index (χ0v) is 20.1. The van der Waals surface area contributed by atoms with Crippen LogP contribution >= 0.6 is 0 Å². The largest absolute Gasteiger partial charge is 0.367 e. The van der Waals surface area contributed by atoms with E-state index in [1.165, 1.54) is 16.6 Å². The first kappa shape index (κ1) is 22.1.